The van der Waals surface area contributed by atoms with Crippen LogP contribution in [0.15, 0.2) is 12.2 Å². The summed E-state index contributed by atoms with van der Waals surface area (Å²) in [5, 5.41) is 2.61. The summed E-state index contributed by atoms with van der Waals surface area (Å²) in [5.74, 6) is 0. The molecule has 0 saturated carbocycles. The van der Waals surface area contributed by atoms with Crippen molar-refractivity contribution in [1.29, 1.82) is 0 Å². The van der Waals surface area contributed by atoms with Gasteiger partial charge in [-0.25, -0.2) is 4.79 Å². The zero-order valence-corrected chi connectivity index (χ0v) is 9.22. The topological polar surface area (TPSA) is 64.3 Å². The first-order valence-corrected chi connectivity index (χ1v) is 4.68. The lowest BCUT2D eigenvalue weighted by molar-refractivity contribution is 0.0532. The van der Waals surface area contributed by atoms with E-state index in [4.69, 9.17) is 10.5 Å². The summed E-state index contributed by atoms with van der Waals surface area (Å²) in [7, 11) is 0. The molecule has 82 valence electrons. The fourth-order valence-corrected chi connectivity index (χ4v) is 0.804. The van der Waals surface area contributed by atoms with Gasteiger partial charge >= 0.3 is 6.09 Å². The van der Waals surface area contributed by atoms with Gasteiger partial charge in [-0.1, -0.05) is 12.2 Å². The Bertz CT molecular complexity index is 207. The van der Waals surface area contributed by atoms with Crippen LogP contribution < -0.4 is 11.1 Å². The standard InChI is InChI=1S/C10H20N2O2/c1-8(5-6-11)7-12-9(13)14-10(2,3)4/h1,5-7,11H2,2-4H3,(H,12,13). The van der Waals surface area contributed by atoms with Gasteiger partial charge in [0.1, 0.15) is 5.60 Å². The van der Waals surface area contributed by atoms with E-state index < -0.39 is 11.7 Å². The zero-order valence-electron chi connectivity index (χ0n) is 9.22. The van der Waals surface area contributed by atoms with E-state index in [0.29, 0.717) is 13.1 Å². The lowest BCUT2D eigenvalue weighted by Gasteiger charge is -2.19. The Labute approximate surface area is 85.5 Å². The average molecular weight is 200 g/mol. The van der Waals surface area contributed by atoms with E-state index in [1.54, 1.807) is 0 Å². The molecule has 0 fully saturated rings. The number of nitrogens with two attached hydrogens (primary N) is 1. The second kappa shape index (κ2) is 5.65. The summed E-state index contributed by atoms with van der Waals surface area (Å²) in [6.45, 7) is 10.2. The molecule has 0 heterocycles. The van der Waals surface area contributed by atoms with Crippen LogP contribution in [0.25, 0.3) is 0 Å². The van der Waals surface area contributed by atoms with Crippen molar-refractivity contribution in [3.8, 4) is 0 Å². The van der Waals surface area contributed by atoms with E-state index in [-0.39, 0.29) is 0 Å². The fourth-order valence-electron chi connectivity index (χ4n) is 0.804. The molecule has 0 aliphatic carbocycles. The molecular formula is C10H20N2O2. The number of rotatable bonds is 4. The minimum absolute atomic E-state index is 0.421. The quantitative estimate of drug-likeness (QED) is 0.674. The first kappa shape index (κ1) is 13.0. The Hall–Kier alpha value is -1.03. The molecule has 0 atom stereocenters. The van der Waals surface area contributed by atoms with Gasteiger partial charge in [0.15, 0.2) is 0 Å². The molecule has 0 aliphatic rings. The smallest absolute Gasteiger partial charge is 0.407 e. The van der Waals surface area contributed by atoms with Crippen molar-refractivity contribution >= 4 is 6.09 Å². The highest BCUT2D eigenvalue weighted by molar-refractivity contribution is 5.67. The van der Waals surface area contributed by atoms with Crippen LogP contribution in [0.4, 0.5) is 4.79 Å². The monoisotopic (exact) mass is 200 g/mol. The van der Waals surface area contributed by atoms with Crippen molar-refractivity contribution in [2.24, 2.45) is 5.73 Å². The molecule has 0 bridgehead atoms. The molecule has 4 nitrogen and oxygen atoms in total. The summed E-state index contributed by atoms with van der Waals surface area (Å²) in [6, 6.07) is 0. The van der Waals surface area contributed by atoms with Crippen molar-refractivity contribution in [2.75, 3.05) is 13.1 Å². The number of nitrogens with one attached hydrogen (secondary N) is 1. The zero-order chi connectivity index (χ0) is 11.2. The van der Waals surface area contributed by atoms with Crippen molar-refractivity contribution in [3.05, 3.63) is 12.2 Å². The number of hydrogen-bond donors (Lipinski definition) is 2. The Morgan fingerprint density at radius 2 is 2.07 bits per heavy atom. The molecule has 3 N–H and O–H groups in total. The van der Waals surface area contributed by atoms with Crippen LogP contribution in [-0.4, -0.2) is 24.8 Å². The van der Waals surface area contributed by atoms with Gasteiger partial charge in [-0.05, 0) is 33.7 Å². The van der Waals surface area contributed by atoms with Crippen molar-refractivity contribution in [1.82, 2.24) is 5.32 Å². The lowest BCUT2D eigenvalue weighted by Crippen LogP contribution is -2.33. The molecule has 0 aliphatic heterocycles. The van der Waals surface area contributed by atoms with Crippen LogP contribution in [0.3, 0.4) is 0 Å². The van der Waals surface area contributed by atoms with Crippen LogP contribution in [0.2, 0.25) is 0 Å². The Kier molecular flexibility index (Phi) is 5.23. The third kappa shape index (κ3) is 7.61. The third-order valence-electron chi connectivity index (χ3n) is 1.38. The largest absolute Gasteiger partial charge is 0.444 e. The normalized spacial score (nSPS) is 10.9. The van der Waals surface area contributed by atoms with Gasteiger partial charge in [0.2, 0.25) is 0 Å². The molecule has 0 radical (unpaired) electrons. The Morgan fingerprint density at radius 1 is 1.50 bits per heavy atom. The van der Waals surface area contributed by atoms with Gasteiger partial charge < -0.3 is 15.8 Å². The molecule has 0 rings (SSSR count). The summed E-state index contributed by atoms with van der Waals surface area (Å²) in [4.78, 5) is 11.2. The fraction of sp³-hybridized carbons (Fsp3) is 0.700. The van der Waals surface area contributed by atoms with E-state index in [9.17, 15) is 4.79 Å². The number of alkyl carbamates (subject to hydrolysis) is 1. The molecule has 14 heavy (non-hydrogen) atoms. The maximum Gasteiger partial charge on any atom is 0.407 e. The third-order valence-corrected chi connectivity index (χ3v) is 1.38. The highest BCUT2D eigenvalue weighted by Gasteiger charge is 2.15. The first-order valence-electron chi connectivity index (χ1n) is 4.68. The van der Waals surface area contributed by atoms with E-state index in [2.05, 4.69) is 11.9 Å². The molecule has 0 unspecified atom stereocenters. The SMILES string of the molecule is C=C(CCN)CNC(=O)OC(C)(C)C. The molecule has 0 spiro atoms. The number of ether oxygens (including phenoxy) is 1. The molecule has 1 amide bonds. The van der Waals surface area contributed by atoms with Gasteiger partial charge in [-0.15, -0.1) is 0 Å². The van der Waals surface area contributed by atoms with Crippen LogP contribution in [0.5, 0.6) is 0 Å². The summed E-state index contributed by atoms with van der Waals surface area (Å²) in [5.41, 5.74) is 5.77. The predicted molar refractivity (Wildman–Crippen MR) is 57.0 cm³/mol. The number of hydrogen-bond acceptors (Lipinski definition) is 3. The van der Waals surface area contributed by atoms with Crippen LogP contribution in [0.1, 0.15) is 27.2 Å². The maximum absolute atomic E-state index is 11.2. The lowest BCUT2D eigenvalue weighted by atomic mass is 10.2. The minimum atomic E-state index is -0.459. The second-order valence-corrected chi connectivity index (χ2v) is 4.14. The van der Waals surface area contributed by atoms with Crippen molar-refractivity contribution in [3.63, 3.8) is 0 Å². The summed E-state index contributed by atoms with van der Waals surface area (Å²) < 4.78 is 5.04. The highest BCUT2D eigenvalue weighted by atomic mass is 16.6. The van der Waals surface area contributed by atoms with E-state index in [1.807, 2.05) is 20.8 Å². The number of carbonyl (C=O) groups excluding carboxylic acids is 1. The van der Waals surface area contributed by atoms with Gasteiger partial charge in [0, 0.05) is 6.54 Å². The average Bonchev–Trinajstić information content (AvgIpc) is 1.98. The second-order valence-electron chi connectivity index (χ2n) is 4.14. The highest BCUT2D eigenvalue weighted by Crippen LogP contribution is 2.06. The minimum Gasteiger partial charge on any atom is -0.444 e. The number of amides is 1. The molecule has 4 heteroatoms. The Morgan fingerprint density at radius 3 is 2.50 bits per heavy atom. The molecule has 0 aromatic heterocycles. The molecule has 0 saturated heterocycles. The predicted octanol–water partition coefficient (Wildman–Crippen LogP) is 1.42. The van der Waals surface area contributed by atoms with Crippen molar-refractivity contribution < 1.29 is 9.53 Å². The van der Waals surface area contributed by atoms with Gasteiger partial charge in [0.05, 0.1) is 0 Å². The van der Waals surface area contributed by atoms with Gasteiger partial charge in [-0.3, -0.25) is 0 Å². The Balaban J connectivity index is 3.70. The number of carbonyl (C=O) groups is 1. The van der Waals surface area contributed by atoms with Crippen LogP contribution in [-0.2, 0) is 4.74 Å². The van der Waals surface area contributed by atoms with Crippen molar-refractivity contribution in [2.45, 2.75) is 32.8 Å². The van der Waals surface area contributed by atoms with Gasteiger partial charge in [0.25, 0.3) is 0 Å². The summed E-state index contributed by atoms with van der Waals surface area (Å²) in [6.07, 6.45) is 0.297. The maximum atomic E-state index is 11.2. The van der Waals surface area contributed by atoms with Gasteiger partial charge in [-0.2, -0.15) is 0 Å². The van der Waals surface area contributed by atoms with Crippen LogP contribution in [0, 0.1) is 0 Å². The first-order chi connectivity index (χ1) is 6.35. The van der Waals surface area contributed by atoms with E-state index in [0.717, 1.165) is 12.0 Å². The van der Waals surface area contributed by atoms with Crippen LogP contribution >= 0.6 is 0 Å². The summed E-state index contributed by atoms with van der Waals surface area (Å²) >= 11 is 0. The molecule has 0 aromatic carbocycles. The molecule has 0 aromatic rings. The van der Waals surface area contributed by atoms with E-state index in [1.165, 1.54) is 0 Å². The van der Waals surface area contributed by atoms with E-state index >= 15 is 0 Å². The molecular weight excluding hydrogens is 180 g/mol.